The van der Waals surface area contributed by atoms with Gasteiger partial charge >= 0.3 is 0 Å². The molecular weight excluding hydrogens is 204 g/mol. The third-order valence-electron chi connectivity index (χ3n) is 4.26. The summed E-state index contributed by atoms with van der Waals surface area (Å²) >= 11 is 0. The summed E-state index contributed by atoms with van der Waals surface area (Å²) in [4.78, 5) is 0. The van der Waals surface area contributed by atoms with Crippen LogP contribution in [0.4, 0.5) is 0 Å². The fourth-order valence-corrected chi connectivity index (χ4v) is 3.16. The first kappa shape index (κ1) is 12.7. The van der Waals surface area contributed by atoms with E-state index >= 15 is 0 Å². The Balaban J connectivity index is 1.68. The molecular formula is C17H25. The summed E-state index contributed by atoms with van der Waals surface area (Å²) in [6.45, 7) is 2.32. The van der Waals surface area contributed by atoms with E-state index in [1.54, 1.807) is 0 Å². The topological polar surface area (TPSA) is 0 Å². The number of hydrogen-bond acceptors (Lipinski definition) is 0. The van der Waals surface area contributed by atoms with Gasteiger partial charge in [-0.1, -0.05) is 69.7 Å². The molecule has 1 fully saturated rings. The third-order valence-corrected chi connectivity index (χ3v) is 4.26. The Bertz CT molecular complexity index is 293. The van der Waals surface area contributed by atoms with Crippen LogP contribution in [0.25, 0.3) is 0 Å². The van der Waals surface area contributed by atoms with Crippen LogP contribution in [0.2, 0.25) is 0 Å². The van der Waals surface area contributed by atoms with Crippen LogP contribution in [0.1, 0.15) is 57.4 Å². The van der Waals surface area contributed by atoms with E-state index in [2.05, 4.69) is 31.2 Å². The van der Waals surface area contributed by atoms with Crippen molar-refractivity contribution in [1.29, 1.82) is 0 Å². The lowest BCUT2D eigenvalue weighted by molar-refractivity contribution is 0.252. The van der Waals surface area contributed by atoms with Crippen LogP contribution in [0.3, 0.4) is 0 Å². The molecule has 0 spiro atoms. The number of hydrogen-bond donors (Lipinski definition) is 0. The van der Waals surface area contributed by atoms with Gasteiger partial charge in [-0.15, -0.1) is 0 Å². The van der Waals surface area contributed by atoms with Crippen molar-refractivity contribution < 1.29 is 0 Å². The van der Waals surface area contributed by atoms with Gasteiger partial charge in [0.25, 0.3) is 0 Å². The van der Waals surface area contributed by atoms with Crippen LogP contribution in [-0.2, 0) is 6.42 Å². The van der Waals surface area contributed by atoms with Gasteiger partial charge in [-0.3, -0.25) is 0 Å². The van der Waals surface area contributed by atoms with Gasteiger partial charge < -0.3 is 0 Å². The first-order valence-corrected chi connectivity index (χ1v) is 7.34. The minimum atomic E-state index is 0.983. The van der Waals surface area contributed by atoms with E-state index in [4.69, 9.17) is 0 Å². The second-order valence-corrected chi connectivity index (χ2v) is 5.60. The fourth-order valence-electron chi connectivity index (χ4n) is 3.16. The van der Waals surface area contributed by atoms with Crippen molar-refractivity contribution >= 4 is 0 Å². The number of rotatable bonds is 5. The maximum absolute atomic E-state index is 3.34. The van der Waals surface area contributed by atoms with E-state index in [-0.39, 0.29) is 0 Å². The Labute approximate surface area is 106 Å². The zero-order valence-corrected chi connectivity index (χ0v) is 11.1. The van der Waals surface area contributed by atoms with Gasteiger partial charge in [-0.25, -0.2) is 0 Å². The zero-order valence-electron chi connectivity index (χ0n) is 11.1. The van der Waals surface area contributed by atoms with Gasteiger partial charge in [0.2, 0.25) is 0 Å². The highest BCUT2D eigenvalue weighted by atomic mass is 14.3. The van der Waals surface area contributed by atoms with Gasteiger partial charge in [0, 0.05) is 0 Å². The zero-order chi connectivity index (χ0) is 11.9. The quantitative estimate of drug-likeness (QED) is 0.664. The first-order valence-electron chi connectivity index (χ1n) is 7.34. The van der Waals surface area contributed by atoms with Crippen molar-refractivity contribution in [1.82, 2.24) is 0 Å². The molecule has 1 aliphatic rings. The number of benzene rings is 1. The van der Waals surface area contributed by atoms with E-state index in [0.29, 0.717) is 0 Å². The van der Waals surface area contributed by atoms with Gasteiger partial charge in [0.15, 0.2) is 0 Å². The standard InChI is InChI=1S/C17H25/c1-2-6-15-9-12-17(13-10-15)14-11-16-7-4-3-5-8-16/h3-5,7,15,17H,2,6,9-14H2,1H3. The summed E-state index contributed by atoms with van der Waals surface area (Å²) in [6.07, 6.45) is 11.3. The summed E-state index contributed by atoms with van der Waals surface area (Å²) in [6, 6.07) is 11.8. The smallest absolute Gasteiger partial charge is 0.0149 e. The molecule has 93 valence electrons. The van der Waals surface area contributed by atoms with Crippen LogP contribution in [0.5, 0.6) is 0 Å². The van der Waals surface area contributed by atoms with Gasteiger partial charge in [0.05, 0.1) is 0 Å². The molecule has 0 unspecified atom stereocenters. The van der Waals surface area contributed by atoms with Crippen molar-refractivity contribution in [2.75, 3.05) is 0 Å². The summed E-state index contributed by atoms with van der Waals surface area (Å²) in [5.74, 6) is 2.02. The highest BCUT2D eigenvalue weighted by Gasteiger charge is 2.20. The van der Waals surface area contributed by atoms with Crippen molar-refractivity contribution in [3.8, 4) is 0 Å². The third kappa shape index (κ3) is 4.18. The van der Waals surface area contributed by atoms with Crippen molar-refractivity contribution in [3.63, 3.8) is 0 Å². The molecule has 0 heterocycles. The van der Waals surface area contributed by atoms with E-state index in [1.165, 1.54) is 56.9 Å². The summed E-state index contributed by atoms with van der Waals surface area (Å²) in [5.41, 5.74) is 1.39. The Kier molecular flexibility index (Phi) is 5.09. The minimum absolute atomic E-state index is 0.983. The lowest BCUT2D eigenvalue weighted by atomic mass is 9.78. The second kappa shape index (κ2) is 6.83. The molecule has 1 aromatic rings. The molecule has 17 heavy (non-hydrogen) atoms. The second-order valence-electron chi connectivity index (χ2n) is 5.60. The summed E-state index contributed by atoms with van der Waals surface area (Å²) < 4.78 is 0. The molecule has 0 amide bonds. The molecule has 0 atom stereocenters. The average Bonchev–Trinajstić information content (AvgIpc) is 2.40. The SMILES string of the molecule is CCCC1CCC(CCc2[c]cccc2)CC1. The Morgan fingerprint density at radius 1 is 1.06 bits per heavy atom. The molecule has 0 saturated heterocycles. The largest absolute Gasteiger partial charge is 0.0654 e. The van der Waals surface area contributed by atoms with Crippen LogP contribution >= 0.6 is 0 Å². The Hall–Kier alpha value is -0.780. The molecule has 0 bridgehead atoms. The van der Waals surface area contributed by atoms with E-state index in [9.17, 15) is 0 Å². The van der Waals surface area contributed by atoms with Crippen LogP contribution < -0.4 is 0 Å². The molecule has 1 radical (unpaired) electrons. The monoisotopic (exact) mass is 229 g/mol. The number of aryl methyl sites for hydroxylation is 1. The molecule has 0 nitrogen and oxygen atoms in total. The van der Waals surface area contributed by atoms with Crippen molar-refractivity contribution in [3.05, 3.63) is 35.9 Å². The van der Waals surface area contributed by atoms with Crippen molar-refractivity contribution in [2.24, 2.45) is 11.8 Å². The molecule has 0 aliphatic heterocycles. The van der Waals surface area contributed by atoms with E-state index < -0.39 is 0 Å². The van der Waals surface area contributed by atoms with E-state index in [0.717, 1.165) is 11.8 Å². The predicted octanol–water partition coefficient (Wildman–Crippen LogP) is 5.03. The highest BCUT2D eigenvalue weighted by Crippen LogP contribution is 2.33. The average molecular weight is 229 g/mol. The van der Waals surface area contributed by atoms with Crippen LogP contribution in [0, 0.1) is 17.9 Å². The fraction of sp³-hybridized carbons (Fsp3) is 0.647. The van der Waals surface area contributed by atoms with E-state index in [1.807, 2.05) is 6.07 Å². The van der Waals surface area contributed by atoms with Crippen molar-refractivity contribution in [2.45, 2.75) is 58.3 Å². The van der Waals surface area contributed by atoms with Crippen LogP contribution in [0.15, 0.2) is 24.3 Å². The molecule has 0 N–H and O–H groups in total. The summed E-state index contributed by atoms with van der Waals surface area (Å²) in [7, 11) is 0. The molecule has 0 heteroatoms. The van der Waals surface area contributed by atoms with Crippen LogP contribution in [-0.4, -0.2) is 0 Å². The molecule has 2 rings (SSSR count). The normalized spacial score (nSPS) is 24.8. The Morgan fingerprint density at radius 3 is 2.35 bits per heavy atom. The molecule has 0 aromatic heterocycles. The maximum Gasteiger partial charge on any atom is -0.0149 e. The molecule has 1 aromatic carbocycles. The van der Waals surface area contributed by atoms with Gasteiger partial charge in [-0.05, 0) is 36.3 Å². The van der Waals surface area contributed by atoms with Gasteiger partial charge in [0.1, 0.15) is 0 Å². The summed E-state index contributed by atoms with van der Waals surface area (Å²) in [5, 5.41) is 0. The lowest BCUT2D eigenvalue weighted by Crippen LogP contribution is -2.15. The predicted molar refractivity (Wildman–Crippen MR) is 74.0 cm³/mol. The Morgan fingerprint density at radius 2 is 1.76 bits per heavy atom. The lowest BCUT2D eigenvalue weighted by Gasteiger charge is -2.28. The maximum atomic E-state index is 3.34. The molecule has 1 aliphatic carbocycles. The van der Waals surface area contributed by atoms with Gasteiger partial charge in [-0.2, -0.15) is 0 Å². The minimum Gasteiger partial charge on any atom is -0.0654 e. The first-order chi connectivity index (χ1) is 8.38. The molecule has 1 saturated carbocycles. The highest BCUT2D eigenvalue weighted by molar-refractivity contribution is 5.13.